The molecule has 0 spiro atoms. The van der Waals surface area contributed by atoms with Crippen molar-refractivity contribution in [2.45, 2.75) is 45.8 Å². The molecule has 5 N–H and O–H groups in total. The Bertz CT molecular complexity index is 1150. The molecular weight excluding hydrogens is 420 g/mol. The monoisotopic (exact) mass is 450 g/mol. The number of aromatic nitrogens is 5. The van der Waals surface area contributed by atoms with Gasteiger partial charge in [-0.1, -0.05) is 31.6 Å². The van der Waals surface area contributed by atoms with E-state index in [0.717, 1.165) is 5.56 Å². The van der Waals surface area contributed by atoms with E-state index in [2.05, 4.69) is 45.6 Å². The third kappa shape index (κ3) is 6.13. The second-order valence-corrected chi connectivity index (χ2v) is 8.77. The van der Waals surface area contributed by atoms with E-state index in [9.17, 15) is 5.11 Å². The first-order valence-corrected chi connectivity index (χ1v) is 10.5. The summed E-state index contributed by atoms with van der Waals surface area (Å²) in [4.78, 5) is 13.1. The molecule has 0 saturated carbocycles. The van der Waals surface area contributed by atoms with Crippen LogP contribution in [0, 0.1) is 5.92 Å². The van der Waals surface area contributed by atoms with Gasteiger partial charge in [0.15, 0.2) is 5.82 Å². The molecule has 0 radical (unpaired) electrons. The molecule has 0 fully saturated rings. The fourth-order valence-corrected chi connectivity index (χ4v) is 3.37. The Morgan fingerprint density at radius 2 is 2.09 bits per heavy atom. The van der Waals surface area contributed by atoms with Crippen LogP contribution < -0.4 is 11.5 Å². The van der Waals surface area contributed by atoms with Gasteiger partial charge in [-0.05, 0) is 31.4 Å². The zero-order chi connectivity index (χ0) is 24.2. The Morgan fingerprint density at radius 1 is 1.33 bits per heavy atom. The largest absolute Gasteiger partial charge is 0.404 e. The molecule has 174 valence electrons. The molecule has 0 aliphatic rings. The van der Waals surface area contributed by atoms with Crippen molar-refractivity contribution in [1.82, 2.24) is 24.9 Å². The van der Waals surface area contributed by atoms with Gasteiger partial charge in [0.1, 0.15) is 5.82 Å². The van der Waals surface area contributed by atoms with Crippen molar-refractivity contribution < 1.29 is 9.63 Å². The van der Waals surface area contributed by atoms with Gasteiger partial charge in [-0.25, -0.2) is 4.99 Å². The van der Waals surface area contributed by atoms with Crippen molar-refractivity contribution in [2.24, 2.45) is 22.4 Å². The third-order valence-corrected chi connectivity index (χ3v) is 4.81. The zero-order valence-corrected chi connectivity index (χ0v) is 19.3. The number of pyridine rings is 1. The molecule has 33 heavy (non-hydrogen) atoms. The lowest BCUT2D eigenvalue weighted by atomic mass is 9.88. The average molecular weight is 451 g/mol. The quantitative estimate of drug-likeness (QED) is 0.420. The minimum absolute atomic E-state index is 0.127. The van der Waals surface area contributed by atoms with Crippen LogP contribution in [0.4, 0.5) is 0 Å². The van der Waals surface area contributed by atoms with Gasteiger partial charge in [-0.15, -0.1) is 0 Å². The Kier molecular flexibility index (Phi) is 7.07. The molecule has 0 bridgehead atoms. The normalized spacial score (nSPS) is 13.7. The number of rotatable bonds is 9. The van der Waals surface area contributed by atoms with E-state index >= 15 is 0 Å². The van der Waals surface area contributed by atoms with E-state index in [1.54, 1.807) is 37.1 Å². The van der Waals surface area contributed by atoms with E-state index in [4.69, 9.17) is 16.0 Å². The van der Waals surface area contributed by atoms with Gasteiger partial charge in [0.05, 0.1) is 35.5 Å². The fourth-order valence-electron chi connectivity index (χ4n) is 3.37. The van der Waals surface area contributed by atoms with E-state index < -0.39 is 5.60 Å². The van der Waals surface area contributed by atoms with Gasteiger partial charge in [-0.2, -0.15) is 10.1 Å². The topological polar surface area (TPSA) is 154 Å². The van der Waals surface area contributed by atoms with Crippen LogP contribution in [-0.2, 0) is 6.54 Å². The number of hydrogen-bond acceptors (Lipinski definition) is 9. The van der Waals surface area contributed by atoms with Crippen LogP contribution in [0.3, 0.4) is 0 Å². The summed E-state index contributed by atoms with van der Waals surface area (Å²) in [6.45, 7) is 11.5. The second kappa shape index (κ2) is 9.78. The lowest BCUT2D eigenvalue weighted by molar-refractivity contribution is 0.0577. The summed E-state index contributed by atoms with van der Waals surface area (Å²) in [5.41, 5.74) is 13.2. The SMILES string of the molecule is C=C(N)/N=C\C(=C/N)c1ccc([C@H](c2noc(-c3cnn(CC(C)(C)O)c3)n2)C(C)C)cn1. The van der Waals surface area contributed by atoms with E-state index in [1.165, 1.54) is 12.4 Å². The maximum atomic E-state index is 9.99. The molecule has 1 atom stereocenters. The molecule has 0 saturated heterocycles. The second-order valence-electron chi connectivity index (χ2n) is 8.77. The predicted molar refractivity (Wildman–Crippen MR) is 127 cm³/mol. The smallest absolute Gasteiger partial charge is 0.261 e. The summed E-state index contributed by atoms with van der Waals surface area (Å²) in [6, 6.07) is 3.81. The average Bonchev–Trinajstić information content (AvgIpc) is 3.38. The maximum absolute atomic E-state index is 9.99. The van der Waals surface area contributed by atoms with Crippen molar-refractivity contribution >= 4 is 11.8 Å². The Labute approximate surface area is 192 Å². The molecule has 3 aromatic rings. The third-order valence-electron chi connectivity index (χ3n) is 4.81. The van der Waals surface area contributed by atoms with Crippen molar-refractivity contribution in [1.29, 1.82) is 0 Å². The minimum Gasteiger partial charge on any atom is -0.404 e. The zero-order valence-electron chi connectivity index (χ0n) is 19.3. The van der Waals surface area contributed by atoms with Crippen molar-refractivity contribution in [2.75, 3.05) is 0 Å². The first-order chi connectivity index (χ1) is 15.6. The first-order valence-electron chi connectivity index (χ1n) is 10.5. The molecular formula is C23H30N8O2. The number of allylic oxidation sites excluding steroid dienone is 1. The van der Waals surface area contributed by atoms with Crippen LogP contribution in [-0.4, -0.2) is 41.8 Å². The highest BCUT2D eigenvalue weighted by atomic mass is 16.5. The van der Waals surface area contributed by atoms with Crippen molar-refractivity contribution in [3.63, 3.8) is 0 Å². The molecule has 3 aromatic heterocycles. The number of hydrogen-bond donors (Lipinski definition) is 3. The van der Waals surface area contributed by atoms with Crippen LogP contribution >= 0.6 is 0 Å². The van der Waals surface area contributed by atoms with Gasteiger partial charge in [0, 0.05) is 30.4 Å². The van der Waals surface area contributed by atoms with Crippen LogP contribution in [0.15, 0.2) is 58.8 Å². The molecule has 0 aliphatic carbocycles. The van der Waals surface area contributed by atoms with Crippen molar-refractivity contribution in [3.05, 3.63) is 66.4 Å². The lowest BCUT2D eigenvalue weighted by Gasteiger charge is -2.17. The van der Waals surface area contributed by atoms with Gasteiger partial charge < -0.3 is 21.1 Å². The molecule has 0 amide bonds. The maximum Gasteiger partial charge on any atom is 0.261 e. The number of nitrogens with two attached hydrogens (primary N) is 2. The molecule has 0 aliphatic heterocycles. The van der Waals surface area contributed by atoms with Gasteiger partial charge >= 0.3 is 0 Å². The highest BCUT2D eigenvalue weighted by molar-refractivity contribution is 6.09. The summed E-state index contributed by atoms with van der Waals surface area (Å²) in [7, 11) is 0. The molecule has 0 aromatic carbocycles. The summed E-state index contributed by atoms with van der Waals surface area (Å²) < 4.78 is 7.17. The Balaban J connectivity index is 1.84. The number of aliphatic hydroxyl groups is 1. The van der Waals surface area contributed by atoms with Crippen LogP contribution in [0.5, 0.6) is 0 Å². The molecule has 3 heterocycles. The lowest BCUT2D eigenvalue weighted by Crippen LogP contribution is -2.26. The number of aliphatic imine (C=N–C) groups is 1. The molecule has 10 nitrogen and oxygen atoms in total. The summed E-state index contributed by atoms with van der Waals surface area (Å²) in [5, 5.41) is 18.5. The predicted octanol–water partition coefficient (Wildman–Crippen LogP) is 2.69. The van der Waals surface area contributed by atoms with Gasteiger partial charge in [0.2, 0.25) is 0 Å². The molecule has 3 rings (SSSR count). The first kappa shape index (κ1) is 23.9. The van der Waals surface area contributed by atoms with Crippen LogP contribution in [0.1, 0.15) is 50.7 Å². The van der Waals surface area contributed by atoms with Crippen LogP contribution in [0.25, 0.3) is 17.0 Å². The molecule has 10 heteroatoms. The van der Waals surface area contributed by atoms with E-state index in [-0.39, 0.29) is 17.7 Å². The number of nitrogens with zero attached hydrogens (tertiary/aromatic N) is 6. The van der Waals surface area contributed by atoms with Crippen molar-refractivity contribution in [3.8, 4) is 11.5 Å². The highest BCUT2D eigenvalue weighted by Gasteiger charge is 2.25. The fraction of sp³-hybridized carbons (Fsp3) is 0.348. The summed E-state index contributed by atoms with van der Waals surface area (Å²) >= 11 is 0. The minimum atomic E-state index is -0.881. The van der Waals surface area contributed by atoms with Crippen LogP contribution in [0.2, 0.25) is 0 Å². The van der Waals surface area contributed by atoms with E-state index in [0.29, 0.717) is 35.1 Å². The Morgan fingerprint density at radius 3 is 2.67 bits per heavy atom. The van der Waals surface area contributed by atoms with Gasteiger partial charge in [-0.3, -0.25) is 9.67 Å². The molecule has 0 unspecified atom stereocenters. The Hall–Kier alpha value is -3.79. The highest BCUT2D eigenvalue weighted by Crippen LogP contribution is 2.31. The summed E-state index contributed by atoms with van der Waals surface area (Å²) in [6.07, 6.45) is 8.12. The summed E-state index contributed by atoms with van der Waals surface area (Å²) in [5.74, 6) is 1.17. The van der Waals surface area contributed by atoms with Gasteiger partial charge in [0.25, 0.3) is 5.89 Å². The van der Waals surface area contributed by atoms with E-state index in [1.807, 2.05) is 12.1 Å². The standard InChI is InChI=1S/C23H30N8O2/c1-14(2)20(16-6-7-19(27-9-16)17(8-24)10-26-15(3)25)21-29-22(33-30-21)18-11-28-31(12-18)13-23(4,5)32/h6-12,14,20,32H,3,13,24-25H2,1-2,4-5H3/b17-8+,26-10-/t20-/m1/s1.